The molecular weight excluding hydrogens is 124 g/mol. The Kier molecular flexibility index (Phi) is 6.25. The highest BCUT2D eigenvalue weighted by Gasteiger charge is 1.95. The van der Waals surface area contributed by atoms with Crippen molar-refractivity contribution < 1.29 is 5.11 Å². The molecule has 1 atom stereocenters. The highest BCUT2D eigenvalue weighted by atomic mass is 16.3. The lowest BCUT2D eigenvalue weighted by molar-refractivity contribution is 0.250. The van der Waals surface area contributed by atoms with Gasteiger partial charge in [-0.15, -0.1) is 5.73 Å². The van der Waals surface area contributed by atoms with E-state index >= 15 is 0 Å². The summed E-state index contributed by atoms with van der Waals surface area (Å²) in [6.07, 6.45) is 5.90. The molecule has 0 aromatic carbocycles. The first-order valence-corrected chi connectivity index (χ1v) is 3.87. The van der Waals surface area contributed by atoms with Crippen LogP contribution < -0.4 is 0 Å². The molecule has 0 bridgehead atoms. The highest BCUT2D eigenvalue weighted by Crippen LogP contribution is 2.00. The molecule has 0 rings (SSSR count). The van der Waals surface area contributed by atoms with Crippen molar-refractivity contribution in [2.75, 3.05) is 6.61 Å². The Labute approximate surface area is 63.1 Å². The van der Waals surface area contributed by atoms with Crippen LogP contribution in [0, 0.1) is 5.92 Å². The minimum absolute atomic E-state index is 0.237. The summed E-state index contributed by atoms with van der Waals surface area (Å²) >= 11 is 0. The van der Waals surface area contributed by atoms with Crippen molar-refractivity contribution in [2.24, 2.45) is 5.92 Å². The van der Waals surface area contributed by atoms with E-state index in [0.29, 0.717) is 5.92 Å². The maximum atomic E-state index is 8.74. The number of rotatable bonds is 4. The van der Waals surface area contributed by atoms with Gasteiger partial charge in [0.2, 0.25) is 0 Å². The van der Waals surface area contributed by atoms with Gasteiger partial charge in [0, 0.05) is 12.5 Å². The van der Waals surface area contributed by atoms with Crippen LogP contribution in [0.1, 0.15) is 26.7 Å². The molecule has 1 unspecified atom stereocenters. The van der Waals surface area contributed by atoms with Crippen molar-refractivity contribution in [2.45, 2.75) is 26.7 Å². The van der Waals surface area contributed by atoms with E-state index in [1.54, 1.807) is 0 Å². The van der Waals surface area contributed by atoms with Gasteiger partial charge in [0.05, 0.1) is 0 Å². The molecule has 0 aromatic rings. The zero-order valence-corrected chi connectivity index (χ0v) is 6.80. The Bertz CT molecular complexity index is 117. The van der Waals surface area contributed by atoms with Gasteiger partial charge in [0.25, 0.3) is 0 Å². The molecule has 1 heteroatoms. The molecule has 58 valence electrons. The van der Waals surface area contributed by atoms with E-state index < -0.39 is 0 Å². The highest BCUT2D eigenvalue weighted by molar-refractivity contribution is 4.88. The van der Waals surface area contributed by atoms with Crippen molar-refractivity contribution in [3.63, 3.8) is 0 Å². The van der Waals surface area contributed by atoms with Crippen LogP contribution in [0.2, 0.25) is 0 Å². The molecule has 0 fully saturated rings. The summed E-state index contributed by atoms with van der Waals surface area (Å²) in [5, 5.41) is 8.74. The van der Waals surface area contributed by atoms with Crippen molar-refractivity contribution in [1.29, 1.82) is 0 Å². The van der Waals surface area contributed by atoms with E-state index in [-0.39, 0.29) is 6.61 Å². The van der Waals surface area contributed by atoms with Crippen LogP contribution in [0.4, 0.5) is 0 Å². The molecule has 1 N–H and O–H groups in total. The molecule has 1 nitrogen and oxygen atoms in total. The summed E-state index contributed by atoms with van der Waals surface area (Å²) in [5.41, 5.74) is 3.03. The molecule has 0 heterocycles. The van der Waals surface area contributed by atoms with Crippen molar-refractivity contribution >= 4 is 0 Å². The first-order valence-electron chi connectivity index (χ1n) is 3.87. The van der Waals surface area contributed by atoms with E-state index in [4.69, 9.17) is 5.11 Å². The average Bonchev–Trinajstić information content (AvgIpc) is 1.99. The van der Waals surface area contributed by atoms with E-state index in [1.807, 2.05) is 12.2 Å². The van der Waals surface area contributed by atoms with Gasteiger partial charge in [-0.3, -0.25) is 0 Å². The zero-order valence-electron chi connectivity index (χ0n) is 6.80. The minimum atomic E-state index is 0.237. The minimum Gasteiger partial charge on any atom is -0.396 e. The van der Waals surface area contributed by atoms with Gasteiger partial charge in [0.15, 0.2) is 0 Å². The third kappa shape index (κ3) is 4.37. The maximum Gasteiger partial charge on any atom is 0.0499 e. The molecule has 0 spiro atoms. The second-order valence-corrected chi connectivity index (χ2v) is 2.30. The molecule has 0 amide bonds. The standard InChI is InChI=1S/C9H16O/c1-3-5-6-7-9(4-2)8-10/h5,7,9-10H,3-4,8H2,1-2H3. The number of aliphatic hydroxyl groups is 1. The van der Waals surface area contributed by atoms with Crippen LogP contribution >= 0.6 is 0 Å². The molecule has 0 radical (unpaired) electrons. The van der Waals surface area contributed by atoms with Gasteiger partial charge in [0.1, 0.15) is 0 Å². The normalized spacial score (nSPS) is 11.9. The molecule has 0 aliphatic carbocycles. The summed E-state index contributed by atoms with van der Waals surface area (Å²) in [7, 11) is 0. The topological polar surface area (TPSA) is 20.2 Å². The average molecular weight is 140 g/mol. The third-order valence-corrected chi connectivity index (χ3v) is 1.41. The van der Waals surface area contributed by atoms with Crippen molar-refractivity contribution in [3.8, 4) is 0 Å². The molecule has 0 aliphatic heterocycles. The second kappa shape index (κ2) is 6.60. The van der Waals surface area contributed by atoms with Gasteiger partial charge >= 0.3 is 0 Å². The Balaban J connectivity index is 3.71. The van der Waals surface area contributed by atoms with Gasteiger partial charge < -0.3 is 5.11 Å². The summed E-state index contributed by atoms with van der Waals surface area (Å²) in [5.74, 6) is 0.294. The van der Waals surface area contributed by atoms with Crippen LogP contribution in [0.5, 0.6) is 0 Å². The molecule has 0 saturated carbocycles. The summed E-state index contributed by atoms with van der Waals surface area (Å²) in [6.45, 7) is 4.37. The molecule has 0 saturated heterocycles. The van der Waals surface area contributed by atoms with Gasteiger partial charge in [-0.2, -0.15) is 0 Å². The Morgan fingerprint density at radius 3 is 2.60 bits per heavy atom. The smallest absolute Gasteiger partial charge is 0.0499 e. The van der Waals surface area contributed by atoms with Crippen LogP contribution in [0.15, 0.2) is 17.9 Å². The Morgan fingerprint density at radius 2 is 2.20 bits per heavy atom. The van der Waals surface area contributed by atoms with Crippen LogP contribution in [-0.2, 0) is 0 Å². The fourth-order valence-corrected chi connectivity index (χ4v) is 0.622. The van der Waals surface area contributed by atoms with E-state index in [1.165, 1.54) is 0 Å². The maximum absolute atomic E-state index is 8.74. The molecular formula is C9H16O. The quantitative estimate of drug-likeness (QED) is 0.593. The first-order chi connectivity index (χ1) is 4.85. The lowest BCUT2D eigenvalue weighted by Crippen LogP contribution is -1.98. The van der Waals surface area contributed by atoms with Crippen LogP contribution in [0.25, 0.3) is 0 Å². The lowest BCUT2D eigenvalue weighted by atomic mass is 10.1. The fourth-order valence-electron chi connectivity index (χ4n) is 0.622. The lowest BCUT2D eigenvalue weighted by Gasteiger charge is -2.00. The molecule has 0 aliphatic rings. The summed E-state index contributed by atoms with van der Waals surface area (Å²) < 4.78 is 0. The monoisotopic (exact) mass is 140 g/mol. The predicted octanol–water partition coefficient (Wildman–Crippen LogP) is 2.13. The fraction of sp³-hybridized carbons (Fsp3) is 0.667. The SMILES string of the molecule is CCC=C=CC(CC)CO. The van der Waals surface area contributed by atoms with Crippen LogP contribution in [-0.4, -0.2) is 11.7 Å². The van der Waals surface area contributed by atoms with Crippen LogP contribution in [0.3, 0.4) is 0 Å². The van der Waals surface area contributed by atoms with Crippen molar-refractivity contribution in [1.82, 2.24) is 0 Å². The molecule has 0 aromatic heterocycles. The Hall–Kier alpha value is -0.520. The second-order valence-electron chi connectivity index (χ2n) is 2.30. The largest absolute Gasteiger partial charge is 0.396 e. The number of aliphatic hydroxyl groups excluding tert-OH is 1. The predicted molar refractivity (Wildman–Crippen MR) is 43.8 cm³/mol. The molecule has 10 heavy (non-hydrogen) atoms. The Morgan fingerprint density at radius 1 is 1.50 bits per heavy atom. The van der Waals surface area contributed by atoms with Gasteiger partial charge in [-0.25, -0.2) is 0 Å². The van der Waals surface area contributed by atoms with E-state index in [2.05, 4.69) is 19.6 Å². The first kappa shape index (κ1) is 9.48. The number of hydrogen-bond acceptors (Lipinski definition) is 1. The van der Waals surface area contributed by atoms with Gasteiger partial charge in [-0.1, -0.05) is 13.8 Å². The van der Waals surface area contributed by atoms with Gasteiger partial charge in [-0.05, 0) is 25.0 Å². The van der Waals surface area contributed by atoms with E-state index in [0.717, 1.165) is 12.8 Å². The summed E-state index contributed by atoms with van der Waals surface area (Å²) in [4.78, 5) is 0. The summed E-state index contributed by atoms with van der Waals surface area (Å²) in [6, 6.07) is 0. The zero-order chi connectivity index (χ0) is 7.82. The third-order valence-electron chi connectivity index (χ3n) is 1.41. The van der Waals surface area contributed by atoms with E-state index in [9.17, 15) is 0 Å². The van der Waals surface area contributed by atoms with Crippen molar-refractivity contribution in [3.05, 3.63) is 17.9 Å². The number of hydrogen-bond donors (Lipinski definition) is 1.